The topological polar surface area (TPSA) is 35.3 Å². The predicted molar refractivity (Wildman–Crippen MR) is 57.9 cm³/mol. The molecule has 0 bridgehead atoms. The van der Waals surface area contributed by atoms with Gasteiger partial charge in [0, 0.05) is 22.6 Å². The molecule has 68 valence electrons. The van der Waals surface area contributed by atoms with E-state index in [2.05, 4.69) is 4.98 Å². The summed E-state index contributed by atoms with van der Waals surface area (Å²) in [6.45, 7) is 2.59. The van der Waals surface area contributed by atoms with E-state index in [9.17, 15) is 0 Å². The van der Waals surface area contributed by atoms with Crippen molar-refractivity contribution in [2.24, 2.45) is 0 Å². The lowest BCUT2D eigenvalue weighted by atomic mass is 10.3. The van der Waals surface area contributed by atoms with Crippen LogP contribution in [0.3, 0.4) is 0 Å². The van der Waals surface area contributed by atoms with E-state index in [-0.39, 0.29) is 0 Å². The third-order valence-electron chi connectivity index (χ3n) is 1.66. The molecule has 0 aliphatic rings. The van der Waals surface area contributed by atoms with Crippen molar-refractivity contribution in [1.82, 2.24) is 4.98 Å². The highest BCUT2D eigenvalue weighted by Gasteiger charge is 2.07. The molecule has 0 N–H and O–H groups in total. The van der Waals surface area contributed by atoms with Crippen LogP contribution in [0.1, 0.15) is 6.92 Å². The number of ether oxygens (including phenoxy) is 1. The zero-order valence-corrected chi connectivity index (χ0v) is 9.24. The third-order valence-corrected chi connectivity index (χ3v) is 2.12. The van der Waals surface area contributed by atoms with Crippen LogP contribution in [0.2, 0.25) is 0 Å². The molecular weight excluding hydrogens is 281 g/mol. The Morgan fingerprint density at radius 1 is 1.54 bits per heavy atom. The van der Waals surface area contributed by atoms with Crippen molar-refractivity contribution in [3.8, 4) is 5.75 Å². The quantitative estimate of drug-likeness (QED) is 0.797. The van der Waals surface area contributed by atoms with E-state index in [1.807, 2.05) is 47.7 Å². The molecule has 1 aromatic carbocycles. The van der Waals surface area contributed by atoms with Crippen LogP contribution in [0.15, 0.2) is 22.6 Å². The molecule has 0 radical (unpaired) electrons. The molecule has 0 saturated carbocycles. The largest absolute Gasteiger partial charge is 0.491 e. The van der Waals surface area contributed by atoms with E-state index < -0.39 is 0 Å². The highest BCUT2D eigenvalue weighted by molar-refractivity contribution is 14.1. The second-order valence-corrected chi connectivity index (χ2v) is 3.43. The number of fused-ring (bicyclic) bond motifs is 1. The van der Waals surface area contributed by atoms with Gasteiger partial charge in [-0.05, 0) is 19.1 Å². The lowest BCUT2D eigenvalue weighted by molar-refractivity contribution is 0.343. The Kier molecular flexibility index (Phi) is 2.39. The zero-order valence-electron chi connectivity index (χ0n) is 7.08. The lowest BCUT2D eigenvalue weighted by Gasteiger charge is -2.00. The maximum Gasteiger partial charge on any atom is 0.258 e. The maximum atomic E-state index is 5.41. The number of hydrogen-bond donors (Lipinski definition) is 0. The van der Waals surface area contributed by atoms with E-state index in [1.54, 1.807) is 0 Å². The summed E-state index contributed by atoms with van der Waals surface area (Å²) < 4.78 is 11.4. The molecular formula is C9H8INO2. The van der Waals surface area contributed by atoms with Gasteiger partial charge in [-0.1, -0.05) is 6.07 Å². The van der Waals surface area contributed by atoms with E-state index in [0.29, 0.717) is 10.5 Å². The molecule has 0 fully saturated rings. The first-order valence-electron chi connectivity index (χ1n) is 3.99. The lowest BCUT2D eigenvalue weighted by Crippen LogP contribution is -1.91. The van der Waals surface area contributed by atoms with Gasteiger partial charge in [0.25, 0.3) is 3.90 Å². The summed E-state index contributed by atoms with van der Waals surface area (Å²) in [6, 6.07) is 5.67. The van der Waals surface area contributed by atoms with Crippen LogP contribution in [-0.4, -0.2) is 11.6 Å². The molecule has 0 spiro atoms. The van der Waals surface area contributed by atoms with E-state index in [4.69, 9.17) is 9.15 Å². The normalized spacial score (nSPS) is 10.6. The molecule has 0 amide bonds. The van der Waals surface area contributed by atoms with Gasteiger partial charge in [0.05, 0.1) is 6.61 Å². The van der Waals surface area contributed by atoms with Gasteiger partial charge in [0.15, 0.2) is 11.1 Å². The molecule has 0 atom stereocenters. The molecule has 0 saturated heterocycles. The number of para-hydroxylation sites is 1. The number of benzene rings is 1. The zero-order chi connectivity index (χ0) is 9.26. The van der Waals surface area contributed by atoms with Gasteiger partial charge in [0.2, 0.25) is 0 Å². The van der Waals surface area contributed by atoms with Crippen molar-refractivity contribution < 1.29 is 9.15 Å². The average Bonchev–Trinajstić information content (AvgIpc) is 2.47. The molecule has 0 aliphatic carbocycles. The van der Waals surface area contributed by atoms with Gasteiger partial charge in [-0.3, -0.25) is 0 Å². The van der Waals surface area contributed by atoms with Gasteiger partial charge < -0.3 is 9.15 Å². The fourth-order valence-corrected chi connectivity index (χ4v) is 1.65. The summed E-state index contributed by atoms with van der Waals surface area (Å²) in [7, 11) is 0. The highest BCUT2D eigenvalue weighted by atomic mass is 127. The van der Waals surface area contributed by atoms with Crippen LogP contribution >= 0.6 is 22.6 Å². The molecule has 1 aromatic heterocycles. The number of aromatic nitrogens is 1. The smallest absolute Gasteiger partial charge is 0.258 e. The minimum absolute atomic E-state index is 0.639. The fraction of sp³-hybridized carbons (Fsp3) is 0.222. The van der Waals surface area contributed by atoms with E-state index in [1.165, 1.54) is 0 Å². The first kappa shape index (κ1) is 8.80. The van der Waals surface area contributed by atoms with Crippen molar-refractivity contribution in [2.75, 3.05) is 6.61 Å². The standard InChI is InChI=1S/C9H8INO2/c1-2-12-6-4-3-5-7-8(6)11-9(10)13-7/h3-5H,2H2,1H3. The summed E-state index contributed by atoms with van der Waals surface area (Å²) in [5.41, 5.74) is 1.57. The number of nitrogens with zero attached hydrogens (tertiary/aromatic N) is 1. The van der Waals surface area contributed by atoms with Crippen molar-refractivity contribution in [3.63, 3.8) is 0 Å². The van der Waals surface area contributed by atoms with Crippen LogP contribution < -0.4 is 4.74 Å². The van der Waals surface area contributed by atoms with Gasteiger partial charge in [0.1, 0.15) is 5.75 Å². The summed E-state index contributed by atoms with van der Waals surface area (Å²) in [6.07, 6.45) is 0. The predicted octanol–water partition coefficient (Wildman–Crippen LogP) is 2.83. The number of oxazole rings is 1. The average molecular weight is 289 g/mol. The summed E-state index contributed by atoms with van der Waals surface area (Å²) in [4.78, 5) is 4.23. The first-order valence-corrected chi connectivity index (χ1v) is 5.07. The second kappa shape index (κ2) is 3.53. The summed E-state index contributed by atoms with van der Waals surface area (Å²) in [5.74, 6) is 0.784. The number of hydrogen-bond acceptors (Lipinski definition) is 3. The Balaban J connectivity index is 2.60. The van der Waals surface area contributed by atoms with Crippen LogP contribution in [0, 0.1) is 3.90 Å². The highest BCUT2D eigenvalue weighted by Crippen LogP contribution is 2.25. The first-order chi connectivity index (χ1) is 6.31. The minimum Gasteiger partial charge on any atom is -0.491 e. The van der Waals surface area contributed by atoms with Crippen LogP contribution in [0.25, 0.3) is 11.1 Å². The van der Waals surface area contributed by atoms with Crippen molar-refractivity contribution >= 4 is 33.7 Å². The molecule has 13 heavy (non-hydrogen) atoms. The third kappa shape index (κ3) is 1.63. The number of rotatable bonds is 2. The molecule has 1 heterocycles. The fourth-order valence-electron chi connectivity index (χ4n) is 1.17. The Bertz CT molecular complexity index is 424. The summed E-state index contributed by atoms with van der Waals surface area (Å²) >= 11 is 2.04. The van der Waals surface area contributed by atoms with Gasteiger partial charge in [-0.2, -0.15) is 0 Å². The Morgan fingerprint density at radius 2 is 2.38 bits per heavy atom. The van der Waals surface area contributed by atoms with Gasteiger partial charge in [-0.15, -0.1) is 0 Å². The van der Waals surface area contributed by atoms with Gasteiger partial charge >= 0.3 is 0 Å². The number of halogens is 1. The molecule has 2 rings (SSSR count). The van der Waals surface area contributed by atoms with Crippen LogP contribution in [0.4, 0.5) is 0 Å². The maximum absolute atomic E-state index is 5.41. The second-order valence-electron chi connectivity index (χ2n) is 2.50. The van der Waals surface area contributed by atoms with Gasteiger partial charge in [-0.25, -0.2) is 4.98 Å². The SMILES string of the molecule is CCOc1cccc2oc(I)nc12. The van der Waals surface area contributed by atoms with Crippen LogP contribution in [0.5, 0.6) is 5.75 Å². The molecule has 3 nitrogen and oxygen atoms in total. The molecule has 0 aliphatic heterocycles. The van der Waals surface area contributed by atoms with E-state index in [0.717, 1.165) is 16.8 Å². The minimum atomic E-state index is 0.639. The molecule has 2 aromatic rings. The Hall–Kier alpha value is -0.780. The van der Waals surface area contributed by atoms with E-state index >= 15 is 0 Å². The Morgan fingerprint density at radius 3 is 3.15 bits per heavy atom. The van der Waals surface area contributed by atoms with Crippen molar-refractivity contribution in [2.45, 2.75) is 6.92 Å². The Labute approximate surface area is 89.2 Å². The summed E-state index contributed by atoms with van der Waals surface area (Å²) in [5, 5.41) is 0. The van der Waals surface area contributed by atoms with Crippen molar-refractivity contribution in [3.05, 3.63) is 22.1 Å². The molecule has 4 heteroatoms. The van der Waals surface area contributed by atoms with Crippen molar-refractivity contribution in [1.29, 1.82) is 0 Å². The monoisotopic (exact) mass is 289 g/mol. The van der Waals surface area contributed by atoms with Crippen LogP contribution in [-0.2, 0) is 0 Å². The molecule has 0 unspecified atom stereocenters.